The highest BCUT2D eigenvalue weighted by atomic mass is 16.7. The van der Waals surface area contributed by atoms with Gasteiger partial charge in [-0.1, -0.05) is 140 Å². The Bertz CT molecular complexity index is 3610. The molecule has 0 bridgehead atoms. The van der Waals surface area contributed by atoms with E-state index < -0.39 is 0 Å². The van der Waals surface area contributed by atoms with Crippen molar-refractivity contribution in [3.05, 3.63) is 186 Å². The maximum Gasteiger partial charge on any atom is 0.252 e. The van der Waals surface area contributed by atoms with Crippen LogP contribution in [0.3, 0.4) is 0 Å². The molecule has 4 heterocycles. The molecule has 4 aliphatic rings. The highest BCUT2D eigenvalue weighted by Crippen LogP contribution is 2.53. The standard InChI is InChI=1S/C63H55BN2O3/c1-37-27-54-59-55(28-37)66(53-18-14-20-57-60(53)68-36-67-57)52-26-23-43(62(5,6)7)35-50(52)64(59)49-34-42(61(2,3)4)22-25-51(49)65(54)44-30-40(29-41(31-44)58-33-39-15-10-13-19-56(39)69-58)38-21-24-46-45-16-11-12-17-47(45)63(8,9)48(46)32-38/h10-35H,36H2,1-9H3. The molecular formula is C63H55BN2O3. The zero-order valence-corrected chi connectivity index (χ0v) is 40.9. The number of para-hydroxylation sites is 2. The van der Waals surface area contributed by atoms with Crippen LogP contribution < -0.4 is 35.7 Å². The summed E-state index contributed by atoms with van der Waals surface area (Å²) in [5, 5.41) is 1.08. The van der Waals surface area contributed by atoms with Gasteiger partial charge in [0, 0.05) is 44.8 Å². The van der Waals surface area contributed by atoms with Crippen molar-refractivity contribution in [1.29, 1.82) is 0 Å². The first-order valence-electron chi connectivity index (χ1n) is 24.4. The number of furan rings is 1. The van der Waals surface area contributed by atoms with Crippen LogP contribution >= 0.6 is 0 Å². The Balaban J connectivity index is 1.10. The summed E-state index contributed by atoms with van der Waals surface area (Å²) in [5.74, 6) is 2.37. The van der Waals surface area contributed by atoms with Crippen molar-refractivity contribution < 1.29 is 13.9 Å². The minimum absolute atomic E-state index is 0.0507. The Hall–Kier alpha value is -7.44. The predicted molar refractivity (Wildman–Crippen MR) is 287 cm³/mol. The van der Waals surface area contributed by atoms with E-state index >= 15 is 0 Å². The zero-order chi connectivity index (χ0) is 47.3. The van der Waals surface area contributed by atoms with E-state index in [-0.39, 0.29) is 29.8 Å². The van der Waals surface area contributed by atoms with Crippen molar-refractivity contribution in [2.24, 2.45) is 0 Å². The first-order chi connectivity index (χ1) is 33.1. The number of nitrogens with zero attached hydrogens (tertiary/aromatic N) is 2. The van der Waals surface area contributed by atoms with Gasteiger partial charge in [-0.2, -0.15) is 0 Å². The van der Waals surface area contributed by atoms with Gasteiger partial charge in [0.15, 0.2) is 11.5 Å². The molecule has 8 aromatic carbocycles. The third kappa shape index (κ3) is 6.30. The van der Waals surface area contributed by atoms with E-state index in [0.29, 0.717) is 0 Å². The SMILES string of the molecule is Cc1cc2c3c(c1)N(c1cccc4c1OCO4)c1ccc(C(C)(C)C)cc1B3c1cc(C(C)(C)C)ccc1N2c1cc(-c2ccc3c(c2)C(C)(C)c2ccccc2-3)cc(-c2cc3ccccc3o2)c1. The van der Waals surface area contributed by atoms with Crippen molar-refractivity contribution in [1.82, 2.24) is 0 Å². The van der Waals surface area contributed by atoms with Gasteiger partial charge in [0.05, 0.1) is 5.69 Å². The molecule has 1 aliphatic carbocycles. The lowest BCUT2D eigenvalue weighted by Crippen LogP contribution is -2.61. The highest BCUT2D eigenvalue weighted by molar-refractivity contribution is 7.00. The van der Waals surface area contributed by atoms with Gasteiger partial charge >= 0.3 is 0 Å². The first kappa shape index (κ1) is 41.7. The first-order valence-corrected chi connectivity index (χ1v) is 24.4. The third-order valence-electron chi connectivity index (χ3n) is 15.4. The predicted octanol–water partition coefficient (Wildman–Crippen LogP) is 14.8. The van der Waals surface area contributed by atoms with Crippen molar-refractivity contribution in [3.63, 3.8) is 0 Å². The summed E-state index contributed by atoms with van der Waals surface area (Å²) < 4.78 is 19.1. The van der Waals surface area contributed by atoms with E-state index in [1.165, 1.54) is 66.6 Å². The fraction of sp³-hybridized carbons (Fsp3) is 0.206. The number of hydrogen-bond acceptors (Lipinski definition) is 5. The Morgan fingerprint density at radius 1 is 0.522 bits per heavy atom. The molecule has 0 amide bonds. The van der Waals surface area contributed by atoms with E-state index in [9.17, 15) is 0 Å². The van der Waals surface area contributed by atoms with E-state index in [2.05, 4.69) is 218 Å². The maximum atomic E-state index is 6.74. The van der Waals surface area contributed by atoms with Gasteiger partial charge < -0.3 is 23.7 Å². The van der Waals surface area contributed by atoms with Crippen LogP contribution in [-0.2, 0) is 16.2 Å². The lowest BCUT2D eigenvalue weighted by Gasteiger charge is -2.45. The number of anilines is 6. The molecule has 5 nitrogen and oxygen atoms in total. The van der Waals surface area contributed by atoms with Gasteiger partial charge in [0.25, 0.3) is 6.71 Å². The quantitative estimate of drug-likeness (QED) is 0.165. The van der Waals surface area contributed by atoms with E-state index in [1.807, 2.05) is 12.1 Å². The number of hydrogen-bond donors (Lipinski definition) is 0. The molecule has 0 fully saturated rings. The highest BCUT2D eigenvalue weighted by Gasteiger charge is 2.45. The molecular weight excluding hydrogens is 844 g/mol. The van der Waals surface area contributed by atoms with E-state index in [4.69, 9.17) is 13.9 Å². The van der Waals surface area contributed by atoms with Gasteiger partial charge in [0.2, 0.25) is 6.79 Å². The molecule has 69 heavy (non-hydrogen) atoms. The smallest absolute Gasteiger partial charge is 0.252 e. The van der Waals surface area contributed by atoms with Crippen LogP contribution in [0.4, 0.5) is 34.1 Å². The molecule has 0 N–H and O–H groups in total. The molecule has 338 valence electrons. The van der Waals surface area contributed by atoms with Gasteiger partial charge in [-0.15, -0.1) is 0 Å². The molecule has 0 unspecified atom stereocenters. The van der Waals surface area contributed by atoms with Crippen LogP contribution in [0.2, 0.25) is 0 Å². The molecule has 1 aromatic heterocycles. The lowest BCUT2D eigenvalue weighted by atomic mass is 9.33. The minimum atomic E-state index is -0.140. The van der Waals surface area contributed by atoms with Crippen LogP contribution in [0.5, 0.6) is 11.5 Å². The average molecular weight is 899 g/mol. The minimum Gasteiger partial charge on any atom is -0.456 e. The largest absolute Gasteiger partial charge is 0.456 e. The molecule has 0 spiro atoms. The summed E-state index contributed by atoms with van der Waals surface area (Å²) in [4.78, 5) is 4.98. The summed E-state index contributed by atoms with van der Waals surface area (Å²) >= 11 is 0. The van der Waals surface area contributed by atoms with E-state index in [0.717, 1.165) is 67.8 Å². The van der Waals surface area contributed by atoms with Crippen LogP contribution in [0, 0.1) is 6.92 Å². The summed E-state index contributed by atoms with van der Waals surface area (Å²) in [5.41, 5.74) is 23.5. The second-order valence-electron chi connectivity index (χ2n) is 22.2. The Morgan fingerprint density at radius 3 is 1.93 bits per heavy atom. The van der Waals surface area contributed by atoms with Gasteiger partial charge in [-0.25, -0.2) is 0 Å². The molecule has 6 heteroatoms. The van der Waals surface area contributed by atoms with E-state index in [1.54, 1.807) is 0 Å². The van der Waals surface area contributed by atoms with Gasteiger partial charge in [-0.05, 0) is 157 Å². The van der Waals surface area contributed by atoms with Crippen molar-refractivity contribution in [2.45, 2.75) is 78.6 Å². The molecule has 0 saturated heterocycles. The fourth-order valence-electron chi connectivity index (χ4n) is 11.8. The summed E-state index contributed by atoms with van der Waals surface area (Å²) in [6, 6.07) is 59.0. The summed E-state index contributed by atoms with van der Waals surface area (Å²) in [7, 11) is 0. The maximum absolute atomic E-state index is 6.74. The summed E-state index contributed by atoms with van der Waals surface area (Å²) in [6.07, 6.45) is 0. The van der Waals surface area contributed by atoms with Crippen LogP contribution in [0.15, 0.2) is 162 Å². The van der Waals surface area contributed by atoms with Crippen LogP contribution in [-0.4, -0.2) is 13.5 Å². The monoisotopic (exact) mass is 898 g/mol. The zero-order valence-electron chi connectivity index (χ0n) is 40.9. The number of aryl methyl sites for hydroxylation is 1. The number of ether oxygens (including phenoxy) is 2. The van der Waals surface area contributed by atoms with Crippen LogP contribution in [0.25, 0.3) is 44.5 Å². The second kappa shape index (κ2) is 14.5. The Morgan fingerprint density at radius 2 is 1.19 bits per heavy atom. The molecule has 0 atom stereocenters. The fourth-order valence-corrected chi connectivity index (χ4v) is 11.8. The molecule has 0 radical (unpaired) electrons. The molecule has 9 aromatic rings. The van der Waals surface area contributed by atoms with Gasteiger partial charge in [0.1, 0.15) is 11.3 Å². The van der Waals surface area contributed by atoms with Crippen molar-refractivity contribution in [2.75, 3.05) is 16.6 Å². The number of rotatable bonds is 4. The third-order valence-corrected chi connectivity index (χ3v) is 15.4. The second-order valence-corrected chi connectivity index (χ2v) is 22.2. The van der Waals surface area contributed by atoms with Crippen molar-refractivity contribution >= 4 is 68.2 Å². The molecule has 3 aliphatic heterocycles. The van der Waals surface area contributed by atoms with Gasteiger partial charge in [-0.3, -0.25) is 0 Å². The van der Waals surface area contributed by atoms with Crippen LogP contribution in [0.1, 0.15) is 83.2 Å². The molecule has 13 rings (SSSR count). The Kier molecular flexibility index (Phi) is 8.79. The topological polar surface area (TPSA) is 38.1 Å². The lowest BCUT2D eigenvalue weighted by molar-refractivity contribution is 0.174. The van der Waals surface area contributed by atoms with Crippen molar-refractivity contribution in [3.8, 4) is 45.1 Å². The number of fused-ring (bicyclic) bond motifs is 9. The normalized spacial score (nSPS) is 14.9. The molecule has 0 saturated carbocycles. The number of benzene rings is 8. The average Bonchev–Trinajstić information content (AvgIpc) is 4.06. The summed E-state index contributed by atoms with van der Waals surface area (Å²) in [6.45, 7) is 21.0. The Labute approximate surface area is 406 Å².